The number of likely N-dealkylation sites (tertiary alicyclic amines) is 2. The number of nitrogens with zero attached hydrogens (tertiary/aromatic N) is 2. The van der Waals surface area contributed by atoms with Crippen molar-refractivity contribution in [2.45, 2.75) is 18.8 Å². The number of allylic oxidation sites excluding steroid dienone is 2. The van der Waals surface area contributed by atoms with Crippen molar-refractivity contribution in [2.75, 3.05) is 27.4 Å². The Morgan fingerprint density at radius 2 is 1.47 bits per heavy atom. The van der Waals surface area contributed by atoms with Crippen LogP contribution in [-0.2, 0) is 28.7 Å². The highest BCUT2D eigenvalue weighted by molar-refractivity contribution is 6.17. The maximum absolute atomic E-state index is 13.6. The van der Waals surface area contributed by atoms with Crippen molar-refractivity contribution in [3.05, 3.63) is 41.5 Å². The molecular formula is C26H26N2O10. The second-order valence-corrected chi connectivity index (χ2v) is 9.60. The lowest BCUT2D eigenvalue weighted by molar-refractivity contribution is -0.139. The number of hydrogen-bond acceptors (Lipinski definition) is 10. The minimum atomic E-state index is -1.10. The van der Waals surface area contributed by atoms with Crippen molar-refractivity contribution in [3.63, 3.8) is 0 Å². The third kappa shape index (κ3) is 3.62. The molecule has 2 saturated heterocycles. The molecule has 1 N–H and O–H groups in total. The summed E-state index contributed by atoms with van der Waals surface area (Å²) in [7, 11) is 2.14. The molecular weight excluding hydrogens is 500 g/mol. The summed E-state index contributed by atoms with van der Waals surface area (Å²) in [6.45, 7) is -0.277. The Balaban J connectivity index is 1.65. The Bertz CT molecular complexity index is 1270. The molecule has 12 nitrogen and oxygen atoms in total. The van der Waals surface area contributed by atoms with Crippen molar-refractivity contribution in [2.24, 2.45) is 29.6 Å². The second kappa shape index (κ2) is 9.67. The number of amides is 6. The first-order chi connectivity index (χ1) is 18.3. The van der Waals surface area contributed by atoms with Crippen molar-refractivity contribution in [1.82, 2.24) is 9.80 Å². The maximum Gasteiger partial charge on any atom is 0.423 e. The molecule has 5 rings (SSSR count). The van der Waals surface area contributed by atoms with Gasteiger partial charge in [-0.3, -0.25) is 19.2 Å². The summed E-state index contributed by atoms with van der Waals surface area (Å²) in [5.74, 6) is -7.63. The van der Waals surface area contributed by atoms with Gasteiger partial charge < -0.3 is 19.3 Å². The standard InChI is InChI=1S/C26H26N2O10/c1-36-25(34)27-21(30)14-8-7-12-15(19(14)23(27)32)11-16-20(24(33)28(22(16)31)26(35)37-2)18(12)13-5-3-4-6-17(13)38-10-9-29/h3-7,14-16,18-20,29H,8-11H2,1-2H3/t14-,15+,16+,18+,19-,20+/m0/s1. The summed E-state index contributed by atoms with van der Waals surface area (Å²) in [4.78, 5) is 79.0. The van der Waals surface area contributed by atoms with Gasteiger partial charge >= 0.3 is 12.2 Å². The molecule has 38 heavy (non-hydrogen) atoms. The zero-order valence-corrected chi connectivity index (χ0v) is 20.7. The lowest BCUT2D eigenvalue weighted by Crippen LogP contribution is -2.43. The number of aliphatic hydroxyl groups is 1. The van der Waals surface area contributed by atoms with Gasteiger partial charge in [-0.2, -0.15) is 9.80 Å². The zero-order chi connectivity index (χ0) is 27.3. The van der Waals surface area contributed by atoms with Gasteiger partial charge in [-0.05, 0) is 24.8 Å². The molecule has 0 bridgehead atoms. The van der Waals surface area contributed by atoms with E-state index in [2.05, 4.69) is 4.74 Å². The van der Waals surface area contributed by atoms with E-state index in [1.54, 1.807) is 30.3 Å². The number of hydrogen-bond donors (Lipinski definition) is 1. The summed E-state index contributed by atoms with van der Waals surface area (Å²) in [5, 5.41) is 9.31. The van der Waals surface area contributed by atoms with Crippen LogP contribution in [0.3, 0.4) is 0 Å². The third-order valence-corrected chi connectivity index (χ3v) is 7.97. The number of carbonyl (C=O) groups is 6. The Morgan fingerprint density at radius 1 is 0.868 bits per heavy atom. The van der Waals surface area contributed by atoms with Gasteiger partial charge in [0.05, 0.1) is 44.5 Å². The van der Waals surface area contributed by atoms with E-state index in [-0.39, 0.29) is 26.1 Å². The third-order valence-electron chi connectivity index (χ3n) is 7.97. The molecule has 0 aromatic heterocycles. The highest BCUT2D eigenvalue weighted by Gasteiger charge is 2.64. The molecule has 1 saturated carbocycles. The first kappa shape index (κ1) is 25.6. The summed E-state index contributed by atoms with van der Waals surface area (Å²) in [6.07, 6.45) is -0.213. The van der Waals surface area contributed by atoms with E-state index in [1.165, 1.54) is 0 Å². The van der Waals surface area contributed by atoms with Gasteiger partial charge in [0, 0.05) is 11.5 Å². The molecule has 6 atom stereocenters. The molecule has 1 aromatic rings. The lowest BCUT2D eigenvalue weighted by Gasteiger charge is -2.44. The number of aliphatic hydroxyl groups excluding tert-OH is 1. The molecule has 4 aliphatic rings. The number of methoxy groups -OCH3 is 2. The second-order valence-electron chi connectivity index (χ2n) is 9.60. The highest BCUT2D eigenvalue weighted by Crippen LogP contribution is 2.58. The van der Waals surface area contributed by atoms with Gasteiger partial charge in [-0.25, -0.2) is 9.59 Å². The van der Waals surface area contributed by atoms with Gasteiger partial charge in [0.1, 0.15) is 12.4 Å². The molecule has 0 unspecified atom stereocenters. The lowest BCUT2D eigenvalue weighted by atomic mass is 9.57. The number of carbonyl (C=O) groups excluding carboxylic acids is 6. The van der Waals surface area contributed by atoms with E-state index in [0.717, 1.165) is 14.2 Å². The van der Waals surface area contributed by atoms with E-state index in [4.69, 9.17) is 9.47 Å². The van der Waals surface area contributed by atoms with Gasteiger partial charge in [-0.15, -0.1) is 0 Å². The Labute approximate surface area is 217 Å². The van der Waals surface area contributed by atoms with Crippen LogP contribution in [0.2, 0.25) is 0 Å². The van der Waals surface area contributed by atoms with Crippen LogP contribution in [0.1, 0.15) is 24.3 Å². The topological polar surface area (TPSA) is 157 Å². The summed E-state index contributed by atoms with van der Waals surface area (Å²) >= 11 is 0. The SMILES string of the molecule is COC(=O)N1C(=O)[C@H]2[C@H](CC=C3[C@H]2C[C@H]2C(=O)N(C(=O)OC)C(=O)[C@H]2[C@H]3c2ccccc2OCCO)C1=O. The van der Waals surface area contributed by atoms with Gasteiger partial charge in [-0.1, -0.05) is 29.8 Å². The van der Waals surface area contributed by atoms with Gasteiger partial charge in [0.25, 0.3) is 0 Å². The maximum atomic E-state index is 13.6. The Hall–Kier alpha value is -4.06. The number of fused-ring (bicyclic) bond motifs is 4. The molecule has 2 aliphatic heterocycles. The van der Waals surface area contributed by atoms with Crippen molar-refractivity contribution >= 4 is 35.8 Å². The van der Waals surface area contributed by atoms with E-state index in [9.17, 15) is 33.9 Å². The Kier molecular flexibility index (Phi) is 6.51. The first-order valence-electron chi connectivity index (χ1n) is 12.2. The molecule has 2 aliphatic carbocycles. The molecule has 3 fully saturated rings. The molecule has 0 spiro atoms. The van der Waals surface area contributed by atoms with Crippen molar-refractivity contribution in [1.29, 1.82) is 0 Å². The first-order valence-corrected chi connectivity index (χ1v) is 12.2. The van der Waals surface area contributed by atoms with E-state index < -0.39 is 71.3 Å². The van der Waals surface area contributed by atoms with Crippen LogP contribution >= 0.6 is 0 Å². The van der Waals surface area contributed by atoms with Crippen LogP contribution < -0.4 is 4.74 Å². The quantitative estimate of drug-likeness (QED) is 0.447. The van der Waals surface area contributed by atoms with Crippen LogP contribution in [0.5, 0.6) is 5.75 Å². The molecule has 6 amide bonds. The van der Waals surface area contributed by atoms with Crippen LogP contribution in [0.15, 0.2) is 35.9 Å². The molecule has 200 valence electrons. The van der Waals surface area contributed by atoms with Crippen LogP contribution in [0.4, 0.5) is 9.59 Å². The number of para-hydroxylation sites is 1. The monoisotopic (exact) mass is 526 g/mol. The van der Waals surface area contributed by atoms with Crippen molar-refractivity contribution < 1.29 is 48.1 Å². The number of benzene rings is 1. The van der Waals surface area contributed by atoms with E-state index in [1.807, 2.05) is 0 Å². The van der Waals surface area contributed by atoms with Gasteiger partial charge in [0.2, 0.25) is 23.6 Å². The fourth-order valence-electron chi connectivity index (χ4n) is 6.50. The molecule has 0 radical (unpaired) electrons. The number of rotatable bonds is 4. The van der Waals surface area contributed by atoms with Gasteiger partial charge in [0.15, 0.2) is 0 Å². The minimum absolute atomic E-state index is 0.0206. The predicted octanol–water partition coefficient (Wildman–Crippen LogP) is 1.23. The van der Waals surface area contributed by atoms with Crippen LogP contribution in [0, 0.1) is 29.6 Å². The summed E-state index contributed by atoms with van der Waals surface area (Å²) < 4.78 is 15.1. The normalized spacial score (nSPS) is 29.9. The molecule has 12 heteroatoms. The number of ether oxygens (including phenoxy) is 3. The summed E-state index contributed by atoms with van der Waals surface area (Å²) in [5.41, 5.74) is 1.20. The largest absolute Gasteiger partial charge is 0.491 e. The number of imide groups is 6. The zero-order valence-electron chi connectivity index (χ0n) is 20.7. The fraction of sp³-hybridized carbons (Fsp3) is 0.462. The smallest absolute Gasteiger partial charge is 0.423 e. The Morgan fingerprint density at radius 3 is 2.11 bits per heavy atom. The van der Waals surface area contributed by atoms with E-state index in [0.29, 0.717) is 26.7 Å². The predicted molar refractivity (Wildman–Crippen MR) is 125 cm³/mol. The highest BCUT2D eigenvalue weighted by atomic mass is 16.5. The summed E-state index contributed by atoms with van der Waals surface area (Å²) in [6, 6.07) is 6.84. The average Bonchev–Trinajstić information content (AvgIpc) is 3.33. The van der Waals surface area contributed by atoms with Crippen LogP contribution in [-0.4, -0.2) is 78.2 Å². The fourth-order valence-corrected chi connectivity index (χ4v) is 6.50. The van der Waals surface area contributed by atoms with Crippen LogP contribution in [0.25, 0.3) is 0 Å². The average molecular weight is 526 g/mol. The molecule has 2 heterocycles. The van der Waals surface area contributed by atoms with Crippen molar-refractivity contribution in [3.8, 4) is 5.75 Å². The minimum Gasteiger partial charge on any atom is -0.491 e. The van der Waals surface area contributed by atoms with E-state index >= 15 is 0 Å². The molecule has 1 aromatic carbocycles.